The molecular weight excluding hydrogens is 326 g/mol. The molecular formula is C17H21N3O3S. The number of aryl methyl sites for hydroxylation is 2. The molecule has 0 unspecified atom stereocenters. The average molecular weight is 347 g/mol. The molecule has 0 aliphatic heterocycles. The monoisotopic (exact) mass is 347 g/mol. The van der Waals surface area contributed by atoms with Crippen LogP contribution in [0.15, 0.2) is 53.9 Å². The number of hydrazone groups is 1. The van der Waals surface area contributed by atoms with E-state index < -0.39 is 10.1 Å². The number of hydrogen-bond donors (Lipinski definition) is 0. The summed E-state index contributed by atoms with van der Waals surface area (Å²) in [6, 6.07) is 11.8. The molecule has 2 aromatic rings. The van der Waals surface area contributed by atoms with Crippen LogP contribution in [0.4, 0.5) is 5.69 Å². The lowest BCUT2D eigenvalue weighted by molar-refractivity contribution is -0.696. The maximum atomic E-state index is 10.6. The molecule has 0 aliphatic rings. The van der Waals surface area contributed by atoms with Crippen LogP contribution < -0.4 is 9.58 Å². The van der Waals surface area contributed by atoms with Crippen molar-refractivity contribution in [1.82, 2.24) is 0 Å². The van der Waals surface area contributed by atoms with Crippen molar-refractivity contribution >= 4 is 22.0 Å². The molecule has 0 N–H and O–H groups in total. The number of rotatable bonds is 7. The first-order valence-electron chi connectivity index (χ1n) is 7.60. The van der Waals surface area contributed by atoms with Gasteiger partial charge >= 0.3 is 0 Å². The second-order valence-corrected chi connectivity index (χ2v) is 7.12. The van der Waals surface area contributed by atoms with Crippen molar-refractivity contribution in [2.45, 2.75) is 19.9 Å². The van der Waals surface area contributed by atoms with Gasteiger partial charge in [0.05, 0.1) is 27.6 Å². The number of benzene rings is 1. The molecule has 0 spiro atoms. The Morgan fingerprint density at radius 1 is 1.25 bits per heavy atom. The van der Waals surface area contributed by atoms with E-state index in [-0.39, 0.29) is 5.75 Å². The Kier molecular flexibility index (Phi) is 6.05. The van der Waals surface area contributed by atoms with Crippen LogP contribution in [0.5, 0.6) is 0 Å². The van der Waals surface area contributed by atoms with Crippen molar-refractivity contribution in [2.24, 2.45) is 5.10 Å². The molecule has 0 fully saturated rings. The summed E-state index contributed by atoms with van der Waals surface area (Å²) in [4.78, 5) is 0. The topological polar surface area (TPSA) is 76.7 Å². The maximum absolute atomic E-state index is 10.6. The van der Waals surface area contributed by atoms with Gasteiger partial charge in [0.25, 0.3) is 0 Å². The van der Waals surface area contributed by atoms with E-state index in [0.29, 0.717) is 13.0 Å². The Hall–Kier alpha value is -2.25. The van der Waals surface area contributed by atoms with Crippen molar-refractivity contribution in [3.05, 3.63) is 59.9 Å². The molecule has 0 saturated carbocycles. The summed E-state index contributed by atoms with van der Waals surface area (Å²) in [5, 5.41) is 6.18. The fourth-order valence-electron chi connectivity index (χ4n) is 2.16. The second kappa shape index (κ2) is 8.03. The molecule has 7 heteroatoms. The van der Waals surface area contributed by atoms with Crippen LogP contribution in [-0.2, 0) is 16.7 Å². The van der Waals surface area contributed by atoms with Gasteiger partial charge in [-0.2, -0.15) is 5.10 Å². The zero-order chi connectivity index (χ0) is 17.6. The summed E-state index contributed by atoms with van der Waals surface area (Å²) < 4.78 is 33.7. The average Bonchev–Trinajstić information content (AvgIpc) is 2.52. The minimum Gasteiger partial charge on any atom is -0.748 e. The van der Waals surface area contributed by atoms with Crippen LogP contribution in [0.1, 0.15) is 17.5 Å². The normalized spacial score (nSPS) is 11.8. The van der Waals surface area contributed by atoms with E-state index in [1.165, 1.54) is 5.56 Å². The Morgan fingerprint density at radius 3 is 2.62 bits per heavy atom. The molecule has 128 valence electrons. The molecule has 6 nitrogen and oxygen atoms in total. The third kappa shape index (κ3) is 6.10. The molecule has 1 heterocycles. The van der Waals surface area contributed by atoms with E-state index in [1.807, 2.05) is 67.3 Å². The molecule has 1 aromatic carbocycles. The van der Waals surface area contributed by atoms with Gasteiger partial charge in [0.15, 0.2) is 12.4 Å². The number of nitrogens with zero attached hydrogens (tertiary/aromatic N) is 3. The maximum Gasteiger partial charge on any atom is 0.177 e. The Balaban J connectivity index is 1.99. The van der Waals surface area contributed by atoms with E-state index >= 15 is 0 Å². The van der Waals surface area contributed by atoms with Crippen molar-refractivity contribution < 1.29 is 17.5 Å². The molecule has 0 saturated heterocycles. The van der Waals surface area contributed by atoms with Crippen LogP contribution >= 0.6 is 0 Å². The molecule has 0 amide bonds. The second-order valence-electron chi connectivity index (χ2n) is 5.59. The Bertz CT molecular complexity index is 802. The van der Waals surface area contributed by atoms with E-state index in [4.69, 9.17) is 0 Å². The number of aromatic nitrogens is 1. The Morgan fingerprint density at radius 2 is 1.96 bits per heavy atom. The van der Waals surface area contributed by atoms with Crippen LogP contribution in [-0.4, -0.2) is 32.0 Å². The van der Waals surface area contributed by atoms with Gasteiger partial charge in [-0.15, -0.1) is 0 Å². The van der Waals surface area contributed by atoms with Gasteiger partial charge in [-0.3, -0.25) is 5.01 Å². The van der Waals surface area contributed by atoms with Gasteiger partial charge in [-0.1, -0.05) is 17.7 Å². The highest BCUT2D eigenvalue weighted by molar-refractivity contribution is 7.85. The molecule has 2 rings (SSSR count). The van der Waals surface area contributed by atoms with E-state index in [9.17, 15) is 13.0 Å². The highest BCUT2D eigenvalue weighted by Gasteiger charge is 2.04. The standard InChI is InChI=1S/C17H21N3O3S/c1-15-6-8-17(9-7-15)19(2)18-13-16-5-3-10-20(14-16)11-4-12-24(21,22)23/h3,5-10,13-14H,4,11-12H2,1-2H3. The zero-order valence-electron chi connectivity index (χ0n) is 13.8. The predicted molar refractivity (Wildman–Crippen MR) is 93.0 cm³/mol. The van der Waals surface area contributed by atoms with Gasteiger partial charge in [-0.05, 0) is 25.1 Å². The minimum absolute atomic E-state index is 0.292. The zero-order valence-corrected chi connectivity index (χ0v) is 14.6. The molecule has 24 heavy (non-hydrogen) atoms. The molecule has 0 aliphatic carbocycles. The van der Waals surface area contributed by atoms with Crippen molar-refractivity contribution in [2.75, 3.05) is 17.8 Å². The van der Waals surface area contributed by atoms with Crippen molar-refractivity contribution in [3.63, 3.8) is 0 Å². The van der Waals surface area contributed by atoms with Gasteiger partial charge in [0, 0.05) is 25.3 Å². The minimum atomic E-state index is -4.16. The third-order valence-electron chi connectivity index (χ3n) is 3.48. The van der Waals surface area contributed by atoms with Crippen LogP contribution in [0.25, 0.3) is 0 Å². The SMILES string of the molecule is Cc1ccc(N(C)N=Cc2ccc[n+](CCCS(=O)(=O)[O-])c2)cc1. The smallest absolute Gasteiger partial charge is 0.177 e. The van der Waals surface area contributed by atoms with Crippen LogP contribution in [0, 0.1) is 6.92 Å². The first-order valence-corrected chi connectivity index (χ1v) is 9.18. The largest absolute Gasteiger partial charge is 0.748 e. The van der Waals surface area contributed by atoms with E-state index in [0.717, 1.165) is 11.3 Å². The lowest BCUT2D eigenvalue weighted by Crippen LogP contribution is -2.34. The molecule has 0 atom stereocenters. The summed E-state index contributed by atoms with van der Waals surface area (Å²) >= 11 is 0. The quantitative estimate of drug-likeness (QED) is 0.330. The highest BCUT2D eigenvalue weighted by Crippen LogP contribution is 2.13. The first-order chi connectivity index (χ1) is 11.3. The number of hydrogen-bond acceptors (Lipinski definition) is 5. The fraction of sp³-hybridized carbons (Fsp3) is 0.294. The molecule has 0 radical (unpaired) electrons. The predicted octanol–water partition coefficient (Wildman–Crippen LogP) is 1.69. The number of anilines is 1. The van der Waals surface area contributed by atoms with Gasteiger partial charge in [0.2, 0.25) is 0 Å². The summed E-state index contributed by atoms with van der Waals surface area (Å²) in [5.74, 6) is -0.353. The lowest BCUT2D eigenvalue weighted by Gasteiger charge is -2.12. The summed E-state index contributed by atoms with van der Waals surface area (Å²) in [7, 11) is -2.28. The molecule has 0 bridgehead atoms. The summed E-state index contributed by atoms with van der Waals surface area (Å²) in [6.07, 6.45) is 5.73. The number of pyridine rings is 1. The van der Waals surface area contributed by atoms with Crippen molar-refractivity contribution in [1.29, 1.82) is 0 Å². The van der Waals surface area contributed by atoms with Gasteiger partial charge < -0.3 is 4.55 Å². The van der Waals surface area contributed by atoms with Crippen LogP contribution in [0.2, 0.25) is 0 Å². The van der Waals surface area contributed by atoms with Crippen molar-refractivity contribution in [3.8, 4) is 0 Å². The third-order valence-corrected chi connectivity index (χ3v) is 4.27. The van der Waals surface area contributed by atoms with E-state index in [1.54, 1.807) is 11.2 Å². The Labute approximate surface area is 142 Å². The van der Waals surface area contributed by atoms with E-state index in [2.05, 4.69) is 5.10 Å². The lowest BCUT2D eigenvalue weighted by atomic mass is 10.2. The highest BCUT2D eigenvalue weighted by atomic mass is 32.2. The summed E-state index contributed by atoms with van der Waals surface area (Å²) in [6.45, 7) is 2.50. The van der Waals surface area contributed by atoms with Gasteiger partial charge in [0.1, 0.15) is 6.54 Å². The first kappa shape index (κ1) is 18.1. The van der Waals surface area contributed by atoms with Crippen LogP contribution in [0.3, 0.4) is 0 Å². The fourth-order valence-corrected chi connectivity index (χ4v) is 2.64. The summed E-state index contributed by atoms with van der Waals surface area (Å²) in [5.41, 5.74) is 3.07. The van der Waals surface area contributed by atoms with Gasteiger partial charge in [-0.25, -0.2) is 13.0 Å². The molecule has 1 aromatic heterocycles.